The van der Waals surface area contributed by atoms with E-state index in [1.165, 1.54) is 6.08 Å². The summed E-state index contributed by atoms with van der Waals surface area (Å²) in [6, 6.07) is 7.29. The molecule has 0 fully saturated rings. The van der Waals surface area contributed by atoms with Crippen LogP contribution in [0.25, 0.3) is 17.7 Å². The van der Waals surface area contributed by atoms with Gasteiger partial charge in [-0.2, -0.15) is 0 Å². The van der Waals surface area contributed by atoms with Crippen molar-refractivity contribution in [2.75, 3.05) is 13.3 Å². The van der Waals surface area contributed by atoms with Crippen LogP contribution in [0.1, 0.15) is 5.56 Å². The van der Waals surface area contributed by atoms with Gasteiger partial charge in [0.2, 0.25) is 12.7 Å². The van der Waals surface area contributed by atoms with Crippen molar-refractivity contribution in [3.63, 3.8) is 0 Å². The third-order valence-electron chi connectivity index (χ3n) is 3.96. The number of nitrogens with zero attached hydrogens (tertiary/aromatic N) is 4. The summed E-state index contributed by atoms with van der Waals surface area (Å²) in [4.78, 5) is 24.7. The molecule has 136 valence electrons. The molecule has 0 bridgehead atoms. The van der Waals surface area contributed by atoms with Gasteiger partial charge in [-0.05, 0) is 29.8 Å². The Morgan fingerprint density at radius 2 is 2.00 bits per heavy atom. The number of carbonyl (C=O) groups is 1. The maximum absolute atomic E-state index is 12.0. The highest BCUT2D eigenvalue weighted by Gasteiger charge is 2.12. The minimum atomic E-state index is -0.176. The Morgan fingerprint density at radius 3 is 2.89 bits per heavy atom. The fourth-order valence-electron chi connectivity index (χ4n) is 2.66. The van der Waals surface area contributed by atoms with Crippen molar-refractivity contribution >= 4 is 12.0 Å². The van der Waals surface area contributed by atoms with E-state index in [2.05, 4.69) is 20.3 Å². The Labute approximate surface area is 155 Å². The number of aromatic nitrogens is 4. The molecule has 1 aromatic carbocycles. The van der Waals surface area contributed by atoms with Crippen LogP contribution in [0.15, 0.2) is 55.1 Å². The molecule has 1 N–H and O–H groups in total. The van der Waals surface area contributed by atoms with Crippen LogP contribution in [0.3, 0.4) is 0 Å². The van der Waals surface area contributed by atoms with E-state index in [0.29, 0.717) is 30.5 Å². The first-order valence-corrected chi connectivity index (χ1v) is 8.44. The Hall–Kier alpha value is -3.68. The molecule has 2 aromatic heterocycles. The number of nitrogens with one attached hydrogen (secondary N) is 1. The lowest BCUT2D eigenvalue weighted by Crippen LogP contribution is -2.25. The van der Waals surface area contributed by atoms with Gasteiger partial charge in [-0.25, -0.2) is 15.0 Å². The van der Waals surface area contributed by atoms with E-state index in [9.17, 15) is 4.79 Å². The van der Waals surface area contributed by atoms with Crippen LogP contribution < -0.4 is 14.8 Å². The number of hydrogen-bond acceptors (Lipinski definition) is 6. The molecule has 0 saturated heterocycles. The normalized spacial score (nSPS) is 12.4. The van der Waals surface area contributed by atoms with Crippen LogP contribution >= 0.6 is 0 Å². The summed E-state index contributed by atoms with van der Waals surface area (Å²) >= 11 is 0. The number of benzene rings is 1. The number of amides is 1. The molecular weight excluding hydrogens is 346 g/mol. The molecule has 0 saturated carbocycles. The van der Waals surface area contributed by atoms with E-state index >= 15 is 0 Å². The maximum Gasteiger partial charge on any atom is 0.244 e. The average molecular weight is 363 g/mol. The standard InChI is InChI=1S/C19H17N5O3/c25-17(5-3-14-2-4-15-16(12-14)27-13-26-15)20-8-10-24-11-9-23-19(24)18-21-6-1-7-22-18/h1-7,9,11-12H,8,10,13H2,(H,20,25). The van der Waals surface area contributed by atoms with E-state index in [4.69, 9.17) is 9.47 Å². The number of fused-ring (bicyclic) bond motifs is 1. The van der Waals surface area contributed by atoms with Crippen LogP contribution in [0.2, 0.25) is 0 Å². The van der Waals surface area contributed by atoms with Gasteiger partial charge in [0.25, 0.3) is 0 Å². The molecule has 8 heteroatoms. The molecule has 0 radical (unpaired) electrons. The summed E-state index contributed by atoms with van der Waals surface area (Å²) in [5.41, 5.74) is 0.868. The SMILES string of the molecule is O=C(C=Cc1ccc2c(c1)OCO2)NCCn1ccnc1-c1ncccn1. The van der Waals surface area contributed by atoms with Crippen molar-refractivity contribution in [1.82, 2.24) is 24.8 Å². The summed E-state index contributed by atoms with van der Waals surface area (Å²) in [6.45, 7) is 1.25. The minimum absolute atomic E-state index is 0.176. The molecule has 0 atom stereocenters. The lowest BCUT2D eigenvalue weighted by atomic mass is 10.2. The average Bonchev–Trinajstić information content (AvgIpc) is 3.36. The molecular formula is C19H17N5O3. The van der Waals surface area contributed by atoms with Gasteiger partial charge in [-0.3, -0.25) is 4.79 Å². The lowest BCUT2D eigenvalue weighted by molar-refractivity contribution is -0.116. The third-order valence-corrected chi connectivity index (χ3v) is 3.96. The number of hydrogen-bond donors (Lipinski definition) is 1. The van der Waals surface area contributed by atoms with E-state index in [-0.39, 0.29) is 12.7 Å². The van der Waals surface area contributed by atoms with Gasteiger partial charge in [0, 0.05) is 44.0 Å². The van der Waals surface area contributed by atoms with Gasteiger partial charge in [-0.1, -0.05) is 6.07 Å². The summed E-state index contributed by atoms with van der Waals surface area (Å²) < 4.78 is 12.5. The van der Waals surface area contributed by atoms with Gasteiger partial charge in [0.05, 0.1) is 0 Å². The van der Waals surface area contributed by atoms with Crippen LogP contribution in [-0.4, -0.2) is 38.8 Å². The Kier molecular flexibility index (Phi) is 4.78. The zero-order valence-electron chi connectivity index (χ0n) is 14.4. The summed E-state index contributed by atoms with van der Waals surface area (Å²) in [5.74, 6) is 2.45. The van der Waals surface area contributed by atoms with Gasteiger partial charge in [0.1, 0.15) is 0 Å². The summed E-state index contributed by atoms with van der Waals surface area (Å²) in [7, 11) is 0. The Morgan fingerprint density at radius 1 is 1.15 bits per heavy atom. The molecule has 1 amide bonds. The van der Waals surface area contributed by atoms with E-state index in [1.807, 2.05) is 29.0 Å². The molecule has 27 heavy (non-hydrogen) atoms. The number of imidazole rings is 1. The fourth-order valence-corrected chi connectivity index (χ4v) is 2.66. The molecule has 0 spiro atoms. The van der Waals surface area contributed by atoms with Crippen LogP contribution in [0.4, 0.5) is 0 Å². The first-order chi connectivity index (χ1) is 13.3. The van der Waals surface area contributed by atoms with Crippen molar-refractivity contribution < 1.29 is 14.3 Å². The van der Waals surface area contributed by atoms with Gasteiger partial charge >= 0.3 is 0 Å². The van der Waals surface area contributed by atoms with Crippen molar-refractivity contribution in [2.24, 2.45) is 0 Å². The zero-order chi connectivity index (χ0) is 18.5. The second-order valence-corrected chi connectivity index (χ2v) is 5.75. The molecule has 3 aromatic rings. The van der Waals surface area contributed by atoms with E-state index in [1.54, 1.807) is 30.7 Å². The molecule has 0 unspecified atom stereocenters. The monoisotopic (exact) mass is 363 g/mol. The van der Waals surface area contributed by atoms with Crippen molar-refractivity contribution in [1.29, 1.82) is 0 Å². The maximum atomic E-state index is 12.0. The van der Waals surface area contributed by atoms with Crippen molar-refractivity contribution in [3.05, 3.63) is 60.7 Å². The van der Waals surface area contributed by atoms with Crippen LogP contribution in [0.5, 0.6) is 11.5 Å². The summed E-state index contributed by atoms with van der Waals surface area (Å²) in [6.07, 6.45) is 10.1. The highest BCUT2D eigenvalue weighted by molar-refractivity contribution is 5.91. The Bertz CT molecular complexity index is 968. The molecule has 8 nitrogen and oxygen atoms in total. The number of ether oxygens (including phenoxy) is 2. The Balaban J connectivity index is 1.31. The number of rotatable bonds is 6. The second kappa shape index (κ2) is 7.69. The fraction of sp³-hybridized carbons (Fsp3) is 0.158. The predicted octanol–water partition coefficient (Wildman–Crippen LogP) is 1.90. The van der Waals surface area contributed by atoms with Crippen molar-refractivity contribution in [3.8, 4) is 23.1 Å². The van der Waals surface area contributed by atoms with Gasteiger partial charge in [-0.15, -0.1) is 0 Å². The first kappa shape index (κ1) is 16.8. The smallest absolute Gasteiger partial charge is 0.244 e. The van der Waals surface area contributed by atoms with E-state index in [0.717, 1.165) is 11.3 Å². The topological polar surface area (TPSA) is 91.2 Å². The second-order valence-electron chi connectivity index (χ2n) is 5.75. The first-order valence-electron chi connectivity index (χ1n) is 8.44. The zero-order valence-corrected chi connectivity index (χ0v) is 14.4. The van der Waals surface area contributed by atoms with Gasteiger partial charge in [0.15, 0.2) is 23.1 Å². The molecule has 1 aliphatic heterocycles. The molecule has 3 heterocycles. The molecule has 0 aliphatic carbocycles. The molecule has 1 aliphatic rings. The lowest BCUT2D eigenvalue weighted by Gasteiger charge is -2.07. The van der Waals surface area contributed by atoms with Crippen molar-refractivity contribution in [2.45, 2.75) is 6.54 Å². The number of carbonyl (C=O) groups excluding carboxylic acids is 1. The quantitative estimate of drug-likeness (QED) is 0.673. The highest BCUT2D eigenvalue weighted by atomic mass is 16.7. The largest absolute Gasteiger partial charge is 0.454 e. The van der Waals surface area contributed by atoms with Gasteiger partial charge < -0.3 is 19.4 Å². The third kappa shape index (κ3) is 3.95. The van der Waals surface area contributed by atoms with E-state index < -0.39 is 0 Å². The predicted molar refractivity (Wildman–Crippen MR) is 97.9 cm³/mol. The highest BCUT2D eigenvalue weighted by Crippen LogP contribution is 2.32. The summed E-state index contributed by atoms with van der Waals surface area (Å²) in [5, 5.41) is 2.85. The van der Waals surface area contributed by atoms with Crippen LogP contribution in [-0.2, 0) is 11.3 Å². The minimum Gasteiger partial charge on any atom is -0.454 e. The molecule has 4 rings (SSSR count). The van der Waals surface area contributed by atoms with Crippen LogP contribution in [0, 0.1) is 0 Å².